The Labute approximate surface area is 181 Å². The van der Waals surface area contributed by atoms with Crippen LogP contribution >= 0.6 is 0 Å². The first-order valence-electron chi connectivity index (χ1n) is 10.3. The van der Waals surface area contributed by atoms with Crippen molar-refractivity contribution in [3.8, 4) is 0 Å². The summed E-state index contributed by atoms with van der Waals surface area (Å²) < 4.78 is 7.14. The molecule has 8 nitrogen and oxygen atoms in total. The number of ether oxygens (including phenoxy) is 1. The third-order valence-corrected chi connectivity index (χ3v) is 5.35. The SMILES string of the molecule is CC(OC(=O)c1ccc(Cn2cncn2)cc1)C(=O)N1CCN(c2ccccc2)CC1. The standard InChI is InChI=1S/C23H25N5O3/c1-18(22(29)27-13-11-26(12-14-27)21-5-3-2-4-6-21)31-23(30)20-9-7-19(8-10-20)15-28-17-24-16-25-28/h2-10,16-18H,11-15H2,1H3. The van der Waals surface area contributed by atoms with E-state index in [1.165, 1.54) is 6.33 Å². The molecule has 3 aromatic rings. The third kappa shape index (κ3) is 5.09. The van der Waals surface area contributed by atoms with Crippen molar-refractivity contribution in [1.82, 2.24) is 19.7 Å². The van der Waals surface area contributed by atoms with Gasteiger partial charge in [0.25, 0.3) is 5.91 Å². The second-order valence-corrected chi connectivity index (χ2v) is 7.49. The van der Waals surface area contributed by atoms with Gasteiger partial charge in [0.1, 0.15) is 12.7 Å². The predicted octanol–water partition coefficient (Wildman–Crippen LogP) is 2.22. The number of rotatable bonds is 6. The Kier molecular flexibility index (Phi) is 6.26. The Hall–Kier alpha value is -3.68. The Bertz CT molecular complexity index is 997. The van der Waals surface area contributed by atoms with Crippen molar-refractivity contribution in [2.24, 2.45) is 0 Å². The number of hydrogen-bond acceptors (Lipinski definition) is 6. The monoisotopic (exact) mass is 419 g/mol. The van der Waals surface area contributed by atoms with E-state index in [2.05, 4.69) is 27.1 Å². The predicted molar refractivity (Wildman–Crippen MR) is 116 cm³/mol. The van der Waals surface area contributed by atoms with E-state index in [1.807, 2.05) is 30.3 Å². The molecule has 1 saturated heterocycles. The molecule has 1 aliphatic heterocycles. The number of benzene rings is 2. The van der Waals surface area contributed by atoms with E-state index in [1.54, 1.807) is 35.0 Å². The summed E-state index contributed by atoms with van der Waals surface area (Å²) in [5, 5.41) is 4.06. The van der Waals surface area contributed by atoms with Crippen molar-refractivity contribution in [2.45, 2.75) is 19.6 Å². The van der Waals surface area contributed by atoms with Gasteiger partial charge < -0.3 is 14.5 Å². The first-order chi connectivity index (χ1) is 15.1. The fraction of sp³-hybridized carbons (Fsp3) is 0.304. The Morgan fingerprint density at radius 1 is 1.00 bits per heavy atom. The molecule has 2 heterocycles. The number of anilines is 1. The van der Waals surface area contributed by atoms with E-state index in [0.717, 1.165) is 24.3 Å². The van der Waals surface area contributed by atoms with Gasteiger partial charge in [-0.1, -0.05) is 30.3 Å². The zero-order chi connectivity index (χ0) is 21.6. The van der Waals surface area contributed by atoms with Crippen molar-refractivity contribution < 1.29 is 14.3 Å². The van der Waals surface area contributed by atoms with Gasteiger partial charge in [-0.05, 0) is 36.8 Å². The minimum Gasteiger partial charge on any atom is -0.449 e. The van der Waals surface area contributed by atoms with Gasteiger partial charge in [-0.3, -0.25) is 4.79 Å². The molecule has 2 aromatic carbocycles. The van der Waals surface area contributed by atoms with Gasteiger partial charge in [-0.25, -0.2) is 14.5 Å². The summed E-state index contributed by atoms with van der Waals surface area (Å²) in [6.07, 6.45) is 2.28. The largest absolute Gasteiger partial charge is 0.449 e. The summed E-state index contributed by atoms with van der Waals surface area (Å²) in [4.78, 5) is 33.2. The van der Waals surface area contributed by atoms with Crippen molar-refractivity contribution >= 4 is 17.6 Å². The zero-order valence-corrected chi connectivity index (χ0v) is 17.4. The Morgan fingerprint density at radius 3 is 2.35 bits per heavy atom. The fourth-order valence-corrected chi connectivity index (χ4v) is 3.61. The number of piperazine rings is 1. The highest BCUT2D eigenvalue weighted by atomic mass is 16.5. The molecule has 4 rings (SSSR count). The number of nitrogens with zero attached hydrogens (tertiary/aromatic N) is 5. The van der Waals surface area contributed by atoms with Gasteiger partial charge in [0.2, 0.25) is 0 Å². The van der Waals surface area contributed by atoms with Gasteiger partial charge in [0.05, 0.1) is 12.1 Å². The summed E-state index contributed by atoms with van der Waals surface area (Å²) in [5.74, 6) is -0.667. The van der Waals surface area contributed by atoms with Crippen LogP contribution in [0.3, 0.4) is 0 Å². The van der Waals surface area contributed by atoms with Crippen LogP contribution in [0.2, 0.25) is 0 Å². The van der Waals surface area contributed by atoms with E-state index in [9.17, 15) is 9.59 Å². The first kappa shape index (κ1) is 20.6. The number of carbonyl (C=O) groups excluding carboxylic acids is 2. The average molecular weight is 419 g/mol. The molecule has 1 fully saturated rings. The van der Waals surface area contributed by atoms with Gasteiger partial charge in [0, 0.05) is 31.9 Å². The molecule has 0 N–H and O–H groups in total. The summed E-state index contributed by atoms with van der Waals surface area (Å²) in [6, 6.07) is 17.2. The minimum atomic E-state index is -0.828. The Balaban J connectivity index is 1.28. The van der Waals surface area contributed by atoms with Crippen molar-refractivity contribution in [3.63, 3.8) is 0 Å². The minimum absolute atomic E-state index is 0.163. The van der Waals surface area contributed by atoms with Gasteiger partial charge in [-0.15, -0.1) is 0 Å². The fourth-order valence-electron chi connectivity index (χ4n) is 3.61. The van der Waals surface area contributed by atoms with E-state index >= 15 is 0 Å². The van der Waals surface area contributed by atoms with Crippen LogP contribution in [-0.2, 0) is 16.1 Å². The number of para-hydroxylation sites is 1. The van der Waals surface area contributed by atoms with Crippen molar-refractivity contribution in [2.75, 3.05) is 31.1 Å². The molecule has 1 aromatic heterocycles. The molecular formula is C23H25N5O3. The molecule has 0 bridgehead atoms. The molecule has 0 spiro atoms. The molecule has 0 radical (unpaired) electrons. The second-order valence-electron chi connectivity index (χ2n) is 7.49. The highest BCUT2D eigenvalue weighted by Crippen LogP contribution is 2.16. The van der Waals surface area contributed by atoms with E-state index < -0.39 is 12.1 Å². The number of carbonyl (C=O) groups is 2. The maximum Gasteiger partial charge on any atom is 0.338 e. The quantitative estimate of drug-likeness (QED) is 0.570. The lowest BCUT2D eigenvalue weighted by Crippen LogP contribution is -2.51. The highest BCUT2D eigenvalue weighted by molar-refractivity contribution is 5.92. The van der Waals surface area contributed by atoms with Gasteiger partial charge in [0.15, 0.2) is 6.10 Å². The molecular weight excluding hydrogens is 394 g/mol. The van der Waals surface area contributed by atoms with Crippen LogP contribution in [0.15, 0.2) is 67.3 Å². The number of esters is 1. The van der Waals surface area contributed by atoms with E-state index in [4.69, 9.17) is 4.74 Å². The molecule has 0 aliphatic carbocycles. The summed E-state index contributed by atoms with van der Waals surface area (Å²) in [7, 11) is 0. The molecule has 1 aliphatic rings. The average Bonchev–Trinajstić information content (AvgIpc) is 3.33. The number of aromatic nitrogens is 3. The van der Waals surface area contributed by atoms with E-state index in [-0.39, 0.29) is 5.91 Å². The molecule has 1 unspecified atom stereocenters. The normalized spacial score (nSPS) is 14.9. The van der Waals surface area contributed by atoms with Gasteiger partial charge >= 0.3 is 5.97 Å². The van der Waals surface area contributed by atoms with Crippen LogP contribution in [0.4, 0.5) is 5.69 Å². The smallest absolute Gasteiger partial charge is 0.338 e. The zero-order valence-electron chi connectivity index (χ0n) is 17.4. The lowest BCUT2D eigenvalue weighted by Gasteiger charge is -2.37. The Morgan fingerprint density at radius 2 is 1.71 bits per heavy atom. The topological polar surface area (TPSA) is 80.6 Å². The highest BCUT2D eigenvalue weighted by Gasteiger charge is 2.27. The molecule has 31 heavy (non-hydrogen) atoms. The summed E-state index contributed by atoms with van der Waals surface area (Å²) in [6.45, 7) is 4.91. The van der Waals surface area contributed by atoms with Crippen LogP contribution in [-0.4, -0.2) is 63.8 Å². The van der Waals surface area contributed by atoms with Crippen LogP contribution in [0.5, 0.6) is 0 Å². The van der Waals surface area contributed by atoms with Crippen molar-refractivity contribution in [3.05, 3.63) is 78.4 Å². The maximum absolute atomic E-state index is 12.8. The molecule has 0 saturated carbocycles. The van der Waals surface area contributed by atoms with Gasteiger partial charge in [-0.2, -0.15) is 5.10 Å². The van der Waals surface area contributed by atoms with Crippen molar-refractivity contribution in [1.29, 1.82) is 0 Å². The molecule has 160 valence electrons. The van der Waals surface area contributed by atoms with Crippen LogP contribution < -0.4 is 4.90 Å². The van der Waals surface area contributed by atoms with Crippen LogP contribution in [0.1, 0.15) is 22.8 Å². The molecule has 8 heteroatoms. The summed E-state index contributed by atoms with van der Waals surface area (Å²) in [5.41, 5.74) is 2.56. The maximum atomic E-state index is 12.8. The lowest BCUT2D eigenvalue weighted by atomic mass is 10.1. The van der Waals surface area contributed by atoms with E-state index in [0.29, 0.717) is 25.2 Å². The third-order valence-electron chi connectivity index (χ3n) is 5.35. The number of amides is 1. The lowest BCUT2D eigenvalue weighted by molar-refractivity contribution is -0.140. The summed E-state index contributed by atoms with van der Waals surface area (Å²) >= 11 is 0. The van der Waals surface area contributed by atoms with Crippen LogP contribution in [0.25, 0.3) is 0 Å². The first-order valence-corrected chi connectivity index (χ1v) is 10.3. The molecule has 1 atom stereocenters. The number of hydrogen-bond donors (Lipinski definition) is 0. The van der Waals surface area contributed by atoms with Crippen LogP contribution in [0, 0.1) is 0 Å². The molecule has 1 amide bonds. The second kappa shape index (κ2) is 9.42.